The van der Waals surface area contributed by atoms with Crippen LogP contribution in [0, 0.1) is 5.92 Å². The zero-order valence-electron chi connectivity index (χ0n) is 20.4. The Morgan fingerprint density at radius 3 is 2.74 bits per heavy atom. The van der Waals surface area contributed by atoms with E-state index < -0.39 is 11.9 Å². The molecule has 5 rings (SSSR count). The molecule has 0 aromatic rings. The molecule has 0 bridgehead atoms. The van der Waals surface area contributed by atoms with Crippen molar-refractivity contribution in [3.8, 4) is 0 Å². The summed E-state index contributed by atoms with van der Waals surface area (Å²) in [6.45, 7) is 5.01. The third kappa shape index (κ3) is 4.61. The van der Waals surface area contributed by atoms with Crippen molar-refractivity contribution in [2.45, 2.75) is 56.2 Å². The van der Waals surface area contributed by atoms with Crippen LogP contribution < -0.4 is 5.32 Å². The smallest absolute Gasteiger partial charge is 0.325 e. The first-order valence-electron chi connectivity index (χ1n) is 12.7. The van der Waals surface area contributed by atoms with Crippen LogP contribution in [-0.2, 0) is 19.1 Å². The molecule has 0 saturated carbocycles. The van der Waals surface area contributed by atoms with Crippen molar-refractivity contribution in [2.75, 3.05) is 46.4 Å². The highest BCUT2D eigenvalue weighted by Gasteiger charge is 2.49. The number of fused-ring (bicyclic) bond motifs is 1. The van der Waals surface area contributed by atoms with Gasteiger partial charge in [0.25, 0.3) is 0 Å². The number of nitrogens with zero attached hydrogens (tertiary/aromatic N) is 4. The van der Waals surface area contributed by atoms with Gasteiger partial charge in [0.1, 0.15) is 6.04 Å². The fourth-order valence-electron chi connectivity index (χ4n) is 6.33. The van der Waals surface area contributed by atoms with Crippen molar-refractivity contribution >= 4 is 24.3 Å². The predicted octanol–water partition coefficient (Wildman–Crippen LogP) is 0.701. The Bertz CT molecular complexity index is 941. The summed E-state index contributed by atoms with van der Waals surface area (Å²) in [4.78, 5) is 55.9. The number of carbonyl (C=O) groups excluding carboxylic acids is 4. The van der Waals surface area contributed by atoms with Crippen molar-refractivity contribution in [1.82, 2.24) is 24.9 Å². The summed E-state index contributed by atoms with van der Waals surface area (Å²) in [5.74, 6) is -0.499. The summed E-state index contributed by atoms with van der Waals surface area (Å²) in [6.07, 6.45) is 11.3. The topological polar surface area (TPSA) is 102 Å². The van der Waals surface area contributed by atoms with E-state index in [4.69, 9.17) is 4.74 Å². The summed E-state index contributed by atoms with van der Waals surface area (Å²) in [6, 6.07) is -0.913. The number of allylic oxidation sites excluding steroid dienone is 2. The molecule has 4 aliphatic heterocycles. The Kier molecular flexibility index (Phi) is 6.67. The summed E-state index contributed by atoms with van der Waals surface area (Å²) in [7, 11) is 1.80. The van der Waals surface area contributed by atoms with E-state index in [1.165, 1.54) is 0 Å². The number of hydrogen-bond donors (Lipinski definition) is 1. The molecule has 1 N–H and O–H groups in total. The van der Waals surface area contributed by atoms with Gasteiger partial charge in [0.05, 0.1) is 18.2 Å². The normalized spacial score (nSPS) is 31.0. The molecule has 35 heavy (non-hydrogen) atoms. The van der Waals surface area contributed by atoms with Gasteiger partial charge in [0.15, 0.2) is 0 Å². The lowest BCUT2D eigenvalue weighted by Crippen LogP contribution is -2.56. The Balaban J connectivity index is 1.18. The number of rotatable bonds is 6. The van der Waals surface area contributed by atoms with Crippen LogP contribution in [0.2, 0.25) is 0 Å². The first-order chi connectivity index (χ1) is 16.9. The van der Waals surface area contributed by atoms with E-state index in [9.17, 15) is 19.2 Å². The van der Waals surface area contributed by atoms with Gasteiger partial charge < -0.3 is 14.5 Å². The number of likely N-dealkylation sites (N-methyl/N-ethyl adjacent to an activating group) is 1. The van der Waals surface area contributed by atoms with Gasteiger partial charge >= 0.3 is 6.03 Å². The molecule has 3 atom stereocenters. The molecule has 5 aliphatic rings. The van der Waals surface area contributed by atoms with Crippen LogP contribution in [0.5, 0.6) is 0 Å². The molecule has 0 radical (unpaired) electrons. The fourth-order valence-corrected chi connectivity index (χ4v) is 6.33. The highest BCUT2D eigenvalue weighted by Crippen LogP contribution is 2.38. The van der Waals surface area contributed by atoms with Gasteiger partial charge in [-0.2, -0.15) is 0 Å². The van der Waals surface area contributed by atoms with Crippen LogP contribution in [0.3, 0.4) is 0 Å². The molecular weight excluding hydrogens is 450 g/mol. The molecule has 1 aliphatic carbocycles. The number of likely N-dealkylation sites (tertiary alicyclic amines) is 1. The van der Waals surface area contributed by atoms with E-state index in [1.54, 1.807) is 16.8 Å². The van der Waals surface area contributed by atoms with Gasteiger partial charge in [0.2, 0.25) is 18.2 Å². The van der Waals surface area contributed by atoms with E-state index in [0.29, 0.717) is 6.42 Å². The monoisotopic (exact) mass is 485 g/mol. The fraction of sp³-hybridized carbons (Fsp3) is 0.680. The van der Waals surface area contributed by atoms with E-state index in [1.807, 2.05) is 17.1 Å². The second-order valence-corrected chi connectivity index (χ2v) is 10.4. The maximum Gasteiger partial charge on any atom is 0.325 e. The van der Waals surface area contributed by atoms with Crippen LogP contribution in [0.15, 0.2) is 23.9 Å². The van der Waals surface area contributed by atoms with Crippen LogP contribution in [-0.4, -0.2) is 108 Å². The quantitative estimate of drug-likeness (QED) is 0.439. The van der Waals surface area contributed by atoms with Gasteiger partial charge in [0, 0.05) is 51.3 Å². The molecule has 0 aromatic heterocycles. The lowest BCUT2D eigenvalue weighted by molar-refractivity contribution is -0.143. The zero-order chi connectivity index (χ0) is 24.6. The minimum absolute atomic E-state index is 0.0957. The lowest BCUT2D eigenvalue weighted by atomic mass is 9.87. The van der Waals surface area contributed by atoms with Gasteiger partial charge in [-0.25, -0.2) is 4.79 Å². The highest BCUT2D eigenvalue weighted by atomic mass is 16.5. The third-order valence-electron chi connectivity index (χ3n) is 8.26. The van der Waals surface area contributed by atoms with Crippen molar-refractivity contribution in [3.63, 3.8) is 0 Å². The van der Waals surface area contributed by atoms with Crippen molar-refractivity contribution < 1.29 is 23.9 Å². The second kappa shape index (κ2) is 9.73. The number of piperidine rings is 2. The molecule has 0 aromatic carbocycles. The maximum absolute atomic E-state index is 13.2. The molecule has 10 heteroatoms. The van der Waals surface area contributed by atoms with Gasteiger partial charge in [-0.05, 0) is 44.7 Å². The van der Waals surface area contributed by atoms with Crippen molar-refractivity contribution in [2.24, 2.45) is 5.92 Å². The van der Waals surface area contributed by atoms with Gasteiger partial charge in [-0.15, -0.1) is 0 Å². The number of imide groups is 1. The average Bonchev–Trinajstić information content (AvgIpc) is 3.10. The van der Waals surface area contributed by atoms with Crippen LogP contribution in [0.4, 0.5) is 4.79 Å². The van der Waals surface area contributed by atoms with E-state index in [2.05, 4.69) is 16.3 Å². The molecule has 4 saturated heterocycles. The molecule has 4 heterocycles. The largest absolute Gasteiger partial charge is 0.372 e. The first-order valence-corrected chi connectivity index (χ1v) is 12.7. The summed E-state index contributed by atoms with van der Waals surface area (Å²) in [5, 5.41) is 2.38. The Hall–Kier alpha value is -2.72. The standard InChI is InChI=1S/C25H35N5O5/c1-27-22-18(4-2-6-19(22)30(24(27)34)20-7-8-21(32)26-23(20)33)5-3-11-28-14-15-35-25(16-28)9-12-29(17-31)13-10-25/h2,4,6,17-18,20,22H,3,5,7-16H2,1H3,(H,26,32,33). The molecule has 3 unspecified atom stereocenters. The number of hydrogen-bond acceptors (Lipinski definition) is 6. The molecule has 10 nitrogen and oxygen atoms in total. The molecular formula is C25H35N5O5. The first kappa shape index (κ1) is 24.0. The van der Waals surface area contributed by atoms with E-state index >= 15 is 0 Å². The van der Waals surface area contributed by atoms with Crippen LogP contribution in [0.25, 0.3) is 0 Å². The number of nitrogens with one attached hydrogen (secondary N) is 1. The van der Waals surface area contributed by atoms with Gasteiger partial charge in [-0.3, -0.25) is 29.5 Å². The van der Waals surface area contributed by atoms with E-state index in [-0.39, 0.29) is 35.9 Å². The average molecular weight is 486 g/mol. The van der Waals surface area contributed by atoms with Crippen molar-refractivity contribution in [3.05, 3.63) is 23.9 Å². The Labute approximate surface area is 205 Å². The minimum Gasteiger partial charge on any atom is -0.372 e. The van der Waals surface area contributed by atoms with Crippen molar-refractivity contribution in [1.29, 1.82) is 0 Å². The SMILES string of the molecule is CN1C(=O)N(C2CCC(=O)NC2=O)C2=CC=CC(CCCN3CCOC4(CCN(C=O)CC4)C3)C21. The summed E-state index contributed by atoms with van der Waals surface area (Å²) < 4.78 is 6.19. The maximum atomic E-state index is 13.2. The number of amides is 5. The predicted molar refractivity (Wildman–Crippen MR) is 127 cm³/mol. The lowest BCUT2D eigenvalue weighted by Gasteiger charge is -2.46. The Morgan fingerprint density at radius 1 is 1.20 bits per heavy atom. The molecule has 4 fully saturated rings. The Morgan fingerprint density at radius 2 is 2.00 bits per heavy atom. The molecule has 5 amide bonds. The van der Waals surface area contributed by atoms with Crippen LogP contribution >= 0.6 is 0 Å². The summed E-state index contributed by atoms with van der Waals surface area (Å²) in [5.41, 5.74) is 0.714. The number of carbonyl (C=O) groups is 4. The van der Waals surface area contributed by atoms with Crippen LogP contribution in [0.1, 0.15) is 38.5 Å². The number of urea groups is 1. The molecule has 190 valence electrons. The zero-order valence-corrected chi connectivity index (χ0v) is 20.4. The highest BCUT2D eigenvalue weighted by molar-refractivity contribution is 6.02. The summed E-state index contributed by atoms with van der Waals surface area (Å²) >= 11 is 0. The third-order valence-corrected chi connectivity index (χ3v) is 8.26. The van der Waals surface area contributed by atoms with E-state index in [0.717, 1.165) is 77.1 Å². The number of ether oxygens (including phenoxy) is 1. The van der Waals surface area contributed by atoms with Gasteiger partial charge in [-0.1, -0.05) is 12.2 Å². The number of morpholine rings is 1. The molecule has 1 spiro atoms. The second-order valence-electron chi connectivity index (χ2n) is 10.4. The minimum atomic E-state index is -0.638.